The van der Waals surface area contributed by atoms with E-state index in [1.54, 1.807) is 0 Å². The number of carbonyl (C=O) groups is 3. The van der Waals surface area contributed by atoms with Crippen LogP contribution in [0.15, 0.2) is 36.4 Å². The monoisotopic (exact) mass is 1320 g/mol. The van der Waals surface area contributed by atoms with Crippen molar-refractivity contribution in [1.29, 1.82) is 0 Å². The number of thiol groups is 1. The van der Waals surface area contributed by atoms with Crippen LogP contribution in [0.2, 0.25) is 0 Å². The summed E-state index contributed by atoms with van der Waals surface area (Å²) in [5.74, 6) is 6.04. The molecule has 16 nitrogen and oxygen atoms in total. The maximum atomic E-state index is 10.8. The van der Waals surface area contributed by atoms with Crippen molar-refractivity contribution in [2.75, 3.05) is 176 Å². The Labute approximate surface area is 514 Å². The van der Waals surface area contributed by atoms with Gasteiger partial charge in [0, 0.05) is 39.4 Å². The minimum absolute atomic E-state index is 0. The van der Waals surface area contributed by atoms with Gasteiger partial charge >= 0.3 is 0 Å². The quantitative estimate of drug-likeness (QED) is 0.0376. The molecule has 0 saturated carbocycles. The summed E-state index contributed by atoms with van der Waals surface area (Å²) in [5, 5.41) is 1.68. The molecule has 0 radical (unpaired) electrons. The highest BCUT2D eigenvalue weighted by Crippen LogP contribution is 2.25. The molecule has 2 rings (SSSR count). The number of halogens is 2. The molecule has 0 fully saturated rings. The number of hydrogen-bond acceptors (Lipinski definition) is 19. The van der Waals surface area contributed by atoms with Crippen LogP contribution in [-0.2, 0) is 88.7 Å². The van der Waals surface area contributed by atoms with Crippen LogP contribution in [0.3, 0.4) is 0 Å². The molecule has 0 aliphatic rings. The van der Waals surface area contributed by atoms with E-state index in [0.717, 1.165) is 57.5 Å². The minimum atomic E-state index is 0. The van der Waals surface area contributed by atoms with E-state index in [0.29, 0.717) is 132 Å². The summed E-state index contributed by atoms with van der Waals surface area (Å²) in [6.45, 7) is 29.4. The zero-order chi connectivity index (χ0) is 58.0. The van der Waals surface area contributed by atoms with E-state index in [4.69, 9.17) is 61.6 Å². The van der Waals surface area contributed by atoms with Gasteiger partial charge in [0.15, 0.2) is 17.3 Å². The predicted octanol–water partition coefficient (Wildman–Crippen LogP) is 11.6. The van der Waals surface area contributed by atoms with Crippen LogP contribution < -0.4 is 9.47 Å². The van der Waals surface area contributed by atoms with E-state index in [1.807, 2.05) is 23.5 Å². The van der Waals surface area contributed by atoms with Gasteiger partial charge in [-0.2, -0.15) is 36.2 Å². The standard InChI is InChI=1S/C33H56O10S2.C15H22Br2O2.C9H18O4S.2CH4/c1-28(34)23-40-12-10-36-6-8-38-16-18-44-25-30-20-31(22-32(21-30)43-15-14-42-27-33(3,4)5)26-45-19-17-39-9-7-37-11-13-41-24-29(2)35;1-15(2,3)11-18-4-5-19-14-7-12(9-16)6-13(8-14)10-17;1-9(10)8-13-5-4-11-2-3-12-6-7-14;;/h20-22H,6-19,23-27H2,1-5H3;6-8H,4-5,9-11H2,1-3H3;14H,2-8H2,1H3;2*1H4. The van der Waals surface area contributed by atoms with Gasteiger partial charge in [0.05, 0.1) is 126 Å². The Morgan fingerprint density at radius 1 is 0.400 bits per heavy atom. The fourth-order valence-corrected chi connectivity index (χ4v) is 8.13. The third-order valence-electron chi connectivity index (χ3n) is 9.09. The van der Waals surface area contributed by atoms with Gasteiger partial charge in [0.2, 0.25) is 0 Å². The van der Waals surface area contributed by atoms with Gasteiger partial charge in [-0.05, 0) is 78.1 Å². The van der Waals surface area contributed by atoms with Gasteiger partial charge in [-0.1, -0.05) is 100 Å². The number of carbonyl (C=O) groups excluding carboxylic acids is 3. The van der Waals surface area contributed by atoms with Crippen molar-refractivity contribution in [3.63, 3.8) is 0 Å². The number of Topliss-reactive ketones (excluding diaryl/α,β-unsaturated/α-hetero) is 3. The van der Waals surface area contributed by atoms with Crippen molar-refractivity contribution in [2.45, 2.75) is 99.3 Å². The number of benzene rings is 2. The van der Waals surface area contributed by atoms with Crippen molar-refractivity contribution in [2.24, 2.45) is 10.8 Å². The molecule has 0 aliphatic heterocycles. The summed E-state index contributed by atoms with van der Waals surface area (Å²) in [7, 11) is 0. The van der Waals surface area contributed by atoms with Crippen LogP contribution in [0.4, 0.5) is 0 Å². The predicted molar refractivity (Wildman–Crippen MR) is 339 cm³/mol. The summed E-state index contributed by atoms with van der Waals surface area (Å²) in [6.07, 6.45) is 0. The maximum absolute atomic E-state index is 10.8. The van der Waals surface area contributed by atoms with Crippen LogP contribution >= 0.6 is 68.0 Å². The molecule has 2 aromatic rings. The second kappa shape index (κ2) is 56.7. The maximum Gasteiger partial charge on any atom is 0.155 e. The molecule has 0 N–H and O–H groups in total. The van der Waals surface area contributed by atoms with Gasteiger partial charge in [0.25, 0.3) is 0 Å². The highest BCUT2D eigenvalue weighted by molar-refractivity contribution is 9.08. The van der Waals surface area contributed by atoms with Crippen LogP contribution in [0.25, 0.3) is 0 Å². The Hall–Kier alpha value is -1.38. The second-order valence-electron chi connectivity index (χ2n) is 19.9. The van der Waals surface area contributed by atoms with Crippen LogP contribution in [0, 0.1) is 10.8 Å². The van der Waals surface area contributed by atoms with E-state index in [9.17, 15) is 14.4 Å². The molecule has 0 bridgehead atoms. The fourth-order valence-electron chi connectivity index (χ4n) is 5.79. The lowest BCUT2D eigenvalue weighted by molar-refractivity contribution is -0.122. The first kappa shape index (κ1) is 82.8. The largest absolute Gasteiger partial charge is 0.491 e. The Morgan fingerprint density at radius 2 is 0.675 bits per heavy atom. The highest BCUT2D eigenvalue weighted by Gasteiger charge is 2.12. The van der Waals surface area contributed by atoms with Crippen LogP contribution in [-0.4, -0.2) is 193 Å². The van der Waals surface area contributed by atoms with Gasteiger partial charge < -0.3 is 61.6 Å². The number of ketones is 3. The molecule has 0 aromatic heterocycles. The Bertz CT molecular complexity index is 1690. The highest BCUT2D eigenvalue weighted by atomic mass is 79.9. The molecule has 2 aromatic carbocycles. The summed E-state index contributed by atoms with van der Waals surface area (Å²) < 4.78 is 71.0. The topological polar surface area (TPSA) is 171 Å². The van der Waals surface area contributed by atoms with Crippen LogP contribution in [0.1, 0.15) is 99.4 Å². The summed E-state index contributed by atoms with van der Waals surface area (Å²) in [6, 6.07) is 12.8. The zero-order valence-electron chi connectivity index (χ0n) is 48.4. The molecule has 0 unspecified atom stereocenters. The Kier molecular flexibility index (Phi) is 58.7. The van der Waals surface area contributed by atoms with Gasteiger partial charge in [-0.25, -0.2) is 0 Å². The van der Waals surface area contributed by atoms with Gasteiger partial charge in [-0.3, -0.25) is 14.4 Å². The van der Waals surface area contributed by atoms with Gasteiger partial charge in [0.1, 0.15) is 44.5 Å². The molecule has 0 saturated heterocycles. The lowest BCUT2D eigenvalue weighted by Crippen LogP contribution is -2.17. The normalized spacial score (nSPS) is 11.2. The fraction of sp³-hybridized carbons (Fsp3) is 0.746. The SMILES string of the molecule is C.C.CC(=O)COCCOCCOCCS.CC(=O)COCCOCCOCCSCc1cc(CSCCOCCOCCOCC(C)=O)cc(OCCOCC(C)(C)C)c1.CC(C)(C)COCCOc1cc(CBr)cc(CBr)c1. The van der Waals surface area contributed by atoms with E-state index >= 15 is 0 Å². The molecule has 21 heteroatoms. The summed E-state index contributed by atoms with van der Waals surface area (Å²) in [4.78, 5) is 32.1. The Balaban J connectivity index is -0.00000138. The van der Waals surface area contributed by atoms with Crippen molar-refractivity contribution in [1.82, 2.24) is 0 Å². The first-order valence-electron chi connectivity index (χ1n) is 26.6. The molecule has 0 aliphatic carbocycles. The molecule has 0 heterocycles. The van der Waals surface area contributed by atoms with Crippen molar-refractivity contribution in [3.8, 4) is 11.5 Å². The number of ether oxygens (including phenoxy) is 13. The zero-order valence-corrected chi connectivity index (χ0v) is 54.1. The smallest absolute Gasteiger partial charge is 0.155 e. The van der Waals surface area contributed by atoms with Crippen molar-refractivity contribution in [3.05, 3.63) is 58.7 Å². The van der Waals surface area contributed by atoms with Crippen molar-refractivity contribution < 1.29 is 76.0 Å². The Morgan fingerprint density at radius 3 is 0.975 bits per heavy atom. The second-order valence-corrected chi connectivity index (χ2v) is 23.7. The molecular formula is C59H104Br2O16S3. The van der Waals surface area contributed by atoms with E-state index in [-0.39, 0.29) is 62.9 Å². The number of rotatable bonds is 48. The lowest BCUT2D eigenvalue weighted by Gasteiger charge is -2.18. The average molecular weight is 1330 g/mol. The summed E-state index contributed by atoms with van der Waals surface area (Å²) in [5.41, 5.74) is 5.23. The third kappa shape index (κ3) is 59.8. The summed E-state index contributed by atoms with van der Waals surface area (Å²) >= 11 is 14.6. The van der Waals surface area contributed by atoms with E-state index in [1.165, 1.54) is 43.0 Å². The van der Waals surface area contributed by atoms with Crippen molar-refractivity contribution >= 4 is 85.4 Å². The first-order chi connectivity index (χ1) is 37.4. The number of hydrogen-bond donors (Lipinski definition) is 1. The van der Waals surface area contributed by atoms with E-state index < -0.39 is 0 Å². The molecule has 0 spiro atoms. The third-order valence-corrected chi connectivity index (χ3v) is 12.6. The van der Waals surface area contributed by atoms with Crippen LogP contribution in [0.5, 0.6) is 11.5 Å². The minimum Gasteiger partial charge on any atom is -0.491 e. The lowest BCUT2D eigenvalue weighted by atomic mass is 9.99. The van der Waals surface area contributed by atoms with Gasteiger partial charge in [-0.15, -0.1) is 0 Å². The number of thioether (sulfide) groups is 2. The molecule has 0 atom stereocenters. The molecule has 0 amide bonds. The first-order valence-corrected chi connectivity index (χ1v) is 31.8. The average Bonchev–Trinajstić information content (AvgIpc) is 3.38. The van der Waals surface area contributed by atoms with E-state index in [2.05, 4.69) is 122 Å². The molecule has 468 valence electrons. The molecule has 80 heavy (non-hydrogen) atoms. The number of alkyl halides is 2. The molecular weight excluding hydrogens is 1220 g/mol.